The Balaban J connectivity index is 1.41. The first-order valence-electron chi connectivity index (χ1n) is 10.4. The number of nitrogens with one attached hydrogen (secondary N) is 2. The highest BCUT2D eigenvalue weighted by Gasteiger charge is 2.12. The van der Waals surface area contributed by atoms with Crippen molar-refractivity contribution in [1.82, 2.24) is 9.38 Å². The molecule has 4 aromatic rings. The number of aryl methyl sites for hydroxylation is 1. The zero-order chi connectivity index (χ0) is 23.4. The molecule has 0 aliphatic carbocycles. The van der Waals surface area contributed by atoms with E-state index in [-0.39, 0.29) is 18.3 Å². The molecule has 8 nitrogen and oxygen atoms in total. The second-order valence-corrected chi connectivity index (χ2v) is 9.52. The Morgan fingerprint density at radius 3 is 2.70 bits per heavy atom. The third-order valence-corrected chi connectivity index (χ3v) is 6.32. The lowest BCUT2D eigenvalue weighted by Crippen LogP contribution is -2.16. The number of hydrogen-bond donors (Lipinski definition) is 2. The number of pyridine rings is 1. The lowest BCUT2D eigenvalue weighted by molar-refractivity contribution is 0.102. The molecule has 0 spiro atoms. The van der Waals surface area contributed by atoms with Crippen LogP contribution < -0.4 is 14.8 Å². The van der Waals surface area contributed by atoms with Gasteiger partial charge in [-0.1, -0.05) is 12.1 Å². The van der Waals surface area contributed by atoms with Gasteiger partial charge in [-0.15, -0.1) is 0 Å². The van der Waals surface area contributed by atoms with Gasteiger partial charge in [0.2, 0.25) is 10.0 Å². The van der Waals surface area contributed by atoms with E-state index in [1.54, 1.807) is 56.3 Å². The molecule has 0 atom stereocenters. The number of imidazole rings is 1. The molecule has 2 aromatic heterocycles. The van der Waals surface area contributed by atoms with Gasteiger partial charge in [-0.05, 0) is 67.9 Å². The van der Waals surface area contributed by atoms with E-state index in [9.17, 15) is 13.2 Å². The van der Waals surface area contributed by atoms with E-state index >= 15 is 0 Å². The van der Waals surface area contributed by atoms with E-state index in [4.69, 9.17) is 4.74 Å². The summed E-state index contributed by atoms with van der Waals surface area (Å²) in [5.41, 5.74) is 3.81. The number of ether oxygens (including phenoxy) is 1. The van der Waals surface area contributed by atoms with Gasteiger partial charge < -0.3 is 14.5 Å². The Kier molecular flexibility index (Phi) is 6.32. The van der Waals surface area contributed by atoms with Gasteiger partial charge in [0.15, 0.2) is 0 Å². The van der Waals surface area contributed by atoms with Crippen molar-refractivity contribution in [3.63, 3.8) is 0 Å². The van der Waals surface area contributed by atoms with E-state index in [1.807, 2.05) is 35.0 Å². The molecule has 170 valence electrons. The van der Waals surface area contributed by atoms with Crippen LogP contribution in [0.1, 0.15) is 28.5 Å². The number of amides is 1. The maximum Gasteiger partial charge on any atom is 0.255 e. The Morgan fingerprint density at radius 1 is 1.09 bits per heavy atom. The number of fused-ring (bicyclic) bond motifs is 1. The summed E-state index contributed by atoms with van der Waals surface area (Å²) in [6.07, 6.45) is 3.82. The van der Waals surface area contributed by atoms with Crippen molar-refractivity contribution in [3.8, 4) is 5.75 Å². The first-order valence-corrected chi connectivity index (χ1v) is 12.1. The zero-order valence-electron chi connectivity index (χ0n) is 18.3. The van der Waals surface area contributed by atoms with Gasteiger partial charge >= 0.3 is 0 Å². The number of anilines is 2. The summed E-state index contributed by atoms with van der Waals surface area (Å²) in [6, 6.07) is 17.7. The van der Waals surface area contributed by atoms with Gasteiger partial charge in [-0.2, -0.15) is 0 Å². The average Bonchev–Trinajstić information content (AvgIpc) is 3.23. The molecular formula is C24H24N4O4S. The second kappa shape index (κ2) is 9.33. The quantitative estimate of drug-likeness (QED) is 0.406. The highest BCUT2D eigenvalue weighted by atomic mass is 32.2. The van der Waals surface area contributed by atoms with Crippen molar-refractivity contribution in [2.45, 2.75) is 20.5 Å². The van der Waals surface area contributed by atoms with E-state index in [0.29, 0.717) is 28.3 Å². The molecule has 0 saturated carbocycles. The van der Waals surface area contributed by atoms with Crippen LogP contribution in [0.3, 0.4) is 0 Å². The minimum atomic E-state index is -3.37. The molecule has 9 heteroatoms. The standard InChI is InChI=1S/C24H24N4O4S/c1-3-33(30,31)27-22-11-10-19(13-17(22)2)26-24(29)18-7-6-8-21(14-18)32-16-20-15-28-12-5-4-9-23(28)25-20/h4-15,27H,3,16H2,1-2H3,(H,26,29). The second-order valence-electron chi connectivity index (χ2n) is 7.50. The van der Waals surface area contributed by atoms with Gasteiger partial charge in [0.1, 0.15) is 18.0 Å². The van der Waals surface area contributed by atoms with Gasteiger partial charge in [0.05, 0.1) is 17.1 Å². The summed E-state index contributed by atoms with van der Waals surface area (Å²) in [5.74, 6) is 0.246. The Labute approximate surface area is 192 Å². The van der Waals surface area contributed by atoms with Crippen molar-refractivity contribution in [3.05, 3.63) is 89.9 Å². The fourth-order valence-corrected chi connectivity index (χ4v) is 3.95. The number of rotatable bonds is 8. The minimum Gasteiger partial charge on any atom is -0.487 e. The molecule has 0 aliphatic rings. The van der Waals surface area contributed by atoms with Gasteiger partial charge in [0, 0.05) is 23.6 Å². The average molecular weight is 465 g/mol. The fraction of sp³-hybridized carbons (Fsp3) is 0.167. The van der Waals surface area contributed by atoms with Crippen LogP contribution in [0.25, 0.3) is 5.65 Å². The van der Waals surface area contributed by atoms with Gasteiger partial charge in [-0.3, -0.25) is 9.52 Å². The van der Waals surface area contributed by atoms with E-state index in [1.165, 1.54) is 0 Å². The first kappa shape index (κ1) is 22.3. The van der Waals surface area contributed by atoms with Crippen LogP contribution >= 0.6 is 0 Å². The van der Waals surface area contributed by atoms with Gasteiger partial charge in [0.25, 0.3) is 5.91 Å². The summed E-state index contributed by atoms with van der Waals surface area (Å²) in [7, 11) is -3.37. The van der Waals surface area contributed by atoms with Crippen LogP contribution in [0.4, 0.5) is 11.4 Å². The lowest BCUT2D eigenvalue weighted by atomic mass is 10.1. The minimum absolute atomic E-state index is 0.0134. The molecule has 2 aromatic carbocycles. The largest absolute Gasteiger partial charge is 0.487 e. The monoisotopic (exact) mass is 464 g/mol. The summed E-state index contributed by atoms with van der Waals surface area (Å²) < 4.78 is 33.9. The SMILES string of the molecule is CCS(=O)(=O)Nc1ccc(NC(=O)c2cccc(OCc3cn4ccccc4n3)c2)cc1C. The molecule has 1 amide bonds. The van der Waals surface area contributed by atoms with Crippen LogP contribution in [0.15, 0.2) is 73.1 Å². The Bertz CT molecular complexity index is 1380. The third kappa shape index (κ3) is 5.50. The molecule has 33 heavy (non-hydrogen) atoms. The molecule has 4 rings (SSSR count). The Morgan fingerprint density at radius 2 is 1.94 bits per heavy atom. The van der Waals surface area contributed by atoms with Crippen LogP contribution in [0, 0.1) is 6.92 Å². The summed E-state index contributed by atoms with van der Waals surface area (Å²) in [5, 5.41) is 2.83. The molecule has 0 radical (unpaired) electrons. The molecule has 0 unspecified atom stereocenters. The van der Waals surface area contributed by atoms with Crippen LogP contribution in [0.2, 0.25) is 0 Å². The first-order chi connectivity index (χ1) is 15.8. The molecule has 2 heterocycles. The fourth-order valence-electron chi connectivity index (χ4n) is 3.24. The Hall–Kier alpha value is -3.85. The highest BCUT2D eigenvalue weighted by molar-refractivity contribution is 7.92. The predicted molar refractivity (Wildman–Crippen MR) is 128 cm³/mol. The van der Waals surface area contributed by atoms with Crippen LogP contribution in [-0.4, -0.2) is 29.5 Å². The number of carbonyl (C=O) groups excluding carboxylic acids is 1. The smallest absolute Gasteiger partial charge is 0.255 e. The van der Waals surface area contributed by atoms with E-state index in [0.717, 1.165) is 11.3 Å². The number of benzene rings is 2. The third-order valence-electron chi connectivity index (χ3n) is 5.03. The van der Waals surface area contributed by atoms with Crippen molar-refractivity contribution >= 4 is 33.0 Å². The molecular weight excluding hydrogens is 440 g/mol. The lowest BCUT2D eigenvalue weighted by Gasteiger charge is -2.12. The van der Waals surface area contributed by atoms with Crippen molar-refractivity contribution < 1.29 is 17.9 Å². The zero-order valence-corrected chi connectivity index (χ0v) is 19.1. The number of hydrogen-bond acceptors (Lipinski definition) is 5. The van der Waals surface area contributed by atoms with E-state index < -0.39 is 10.0 Å². The van der Waals surface area contributed by atoms with Crippen molar-refractivity contribution in [1.29, 1.82) is 0 Å². The summed E-state index contributed by atoms with van der Waals surface area (Å²) in [6.45, 7) is 3.62. The summed E-state index contributed by atoms with van der Waals surface area (Å²) in [4.78, 5) is 17.2. The van der Waals surface area contributed by atoms with Crippen LogP contribution in [-0.2, 0) is 16.6 Å². The highest BCUT2D eigenvalue weighted by Crippen LogP contribution is 2.22. The normalized spacial score (nSPS) is 11.3. The van der Waals surface area contributed by atoms with Crippen molar-refractivity contribution in [2.24, 2.45) is 0 Å². The maximum atomic E-state index is 12.7. The number of sulfonamides is 1. The number of aromatic nitrogens is 2. The predicted octanol–water partition coefficient (Wildman–Crippen LogP) is 4.24. The number of carbonyl (C=O) groups is 1. The van der Waals surface area contributed by atoms with Crippen molar-refractivity contribution in [2.75, 3.05) is 15.8 Å². The molecule has 0 bridgehead atoms. The topological polar surface area (TPSA) is 102 Å². The summed E-state index contributed by atoms with van der Waals surface area (Å²) >= 11 is 0. The molecule has 0 aliphatic heterocycles. The maximum absolute atomic E-state index is 12.7. The molecule has 0 fully saturated rings. The number of nitrogens with zero attached hydrogens (tertiary/aromatic N) is 2. The van der Waals surface area contributed by atoms with E-state index in [2.05, 4.69) is 15.0 Å². The van der Waals surface area contributed by atoms with Gasteiger partial charge in [-0.25, -0.2) is 13.4 Å². The molecule has 2 N–H and O–H groups in total. The van der Waals surface area contributed by atoms with Crippen LogP contribution in [0.5, 0.6) is 5.75 Å². The molecule has 0 saturated heterocycles.